The third-order valence-corrected chi connectivity index (χ3v) is 3.18. The fourth-order valence-corrected chi connectivity index (χ4v) is 2.43. The molecule has 0 unspecified atom stereocenters. The second-order valence-electron chi connectivity index (χ2n) is 5.43. The molecule has 6 nitrogen and oxygen atoms in total. The zero-order valence-corrected chi connectivity index (χ0v) is 12.2. The third-order valence-electron chi connectivity index (χ3n) is 3.18. The van der Waals surface area contributed by atoms with Crippen LogP contribution < -0.4 is 11.5 Å². The van der Waals surface area contributed by atoms with E-state index in [9.17, 15) is 9.90 Å². The Morgan fingerprint density at radius 1 is 1.29 bits per heavy atom. The molecule has 0 fully saturated rings. The van der Waals surface area contributed by atoms with Gasteiger partial charge in [0.2, 0.25) is 0 Å². The highest BCUT2D eigenvalue weighted by atomic mass is 16.3. The van der Waals surface area contributed by atoms with E-state index in [1.54, 1.807) is 4.57 Å². The average molecular weight is 288 g/mol. The highest BCUT2D eigenvalue weighted by Crippen LogP contribution is 2.32. The SMILES string of the molecule is CC(C)Cn1c(O)c2ccccc2c1CC(=O)N=C(N)N. The molecule has 6 heteroatoms. The van der Waals surface area contributed by atoms with Gasteiger partial charge in [-0.3, -0.25) is 4.79 Å². The molecule has 0 radical (unpaired) electrons. The van der Waals surface area contributed by atoms with E-state index < -0.39 is 5.91 Å². The van der Waals surface area contributed by atoms with Crippen molar-refractivity contribution < 1.29 is 9.90 Å². The number of carbonyl (C=O) groups excluding carboxylic acids is 1. The van der Waals surface area contributed by atoms with E-state index in [1.807, 2.05) is 38.1 Å². The minimum Gasteiger partial charge on any atom is -0.494 e. The fourth-order valence-electron chi connectivity index (χ4n) is 2.43. The predicted octanol–water partition coefficient (Wildman–Crippen LogP) is 1.35. The summed E-state index contributed by atoms with van der Waals surface area (Å²) in [6, 6.07) is 7.43. The van der Waals surface area contributed by atoms with Crippen LogP contribution in [0.15, 0.2) is 29.3 Å². The largest absolute Gasteiger partial charge is 0.494 e. The average Bonchev–Trinajstić information content (AvgIpc) is 2.63. The normalized spacial score (nSPS) is 11.0. The summed E-state index contributed by atoms with van der Waals surface area (Å²) in [5.74, 6) is -0.180. The zero-order valence-electron chi connectivity index (χ0n) is 12.2. The van der Waals surface area contributed by atoms with Crippen LogP contribution in [-0.2, 0) is 17.8 Å². The van der Waals surface area contributed by atoms with Gasteiger partial charge in [0.05, 0.1) is 6.42 Å². The predicted molar refractivity (Wildman–Crippen MR) is 83.0 cm³/mol. The van der Waals surface area contributed by atoms with E-state index in [1.165, 1.54) is 0 Å². The first-order valence-electron chi connectivity index (χ1n) is 6.81. The molecule has 0 aliphatic carbocycles. The number of hydrogen-bond acceptors (Lipinski definition) is 2. The summed E-state index contributed by atoms with van der Waals surface area (Å²) in [7, 11) is 0. The summed E-state index contributed by atoms with van der Waals surface area (Å²) in [6.45, 7) is 4.71. The van der Waals surface area contributed by atoms with Crippen LogP contribution in [0.1, 0.15) is 19.5 Å². The first-order valence-corrected chi connectivity index (χ1v) is 6.81. The number of rotatable bonds is 4. The highest BCUT2D eigenvalue weighted by Gasteiger charge is 2.18. The molecular weight excluding hydrogens is 268 g/mol. The molecule has 1 aromatic carbocycles. The molecule has 0 atom stereocenters. The Kier molecular flexibility index (Phi) is 4.16. The van der Waals surface area contributed by atoms with Crippen molar-refractivity contribution in [3.63, 3.8) is 0 Å². The fraction of sp³-hybridized carbons (Fsp3) is 0.333. The number of guanidine groups is 1. The molecule has 0 saturated heterocycles. The lowest BCUT2D eigenvalue weighted by atomic mass is 10.1. The standard InChI is InChI=1S/C15H20N4O2/c1-9(2)8-19-12(7-13(20)18-15(16)17)10-5-3-4-6-11(10)14(19)21/h3-6,9,21H,7-8H2,1-2H3,(H4,16,17,18,20). The summed E-state index contributed by atoms with van der Waals surface area (Å²) in [6.07, 6.45) is 0.0473. The Balaban J connectivity index is 2.53. The van der Waals surface area contributed by atoms with E-state index in [0.717, 1.165) is 16.5 Å². The zero-order chi connectivity index (χ0) is 15.6. The quantitative estimate of drug-likeness (QED) is 0.583. The summed E-state index contributed by atoms with van der Waals surface area (Å²) < 4.78 is 1.76. The number of hydrogen-bond donors (Lipinski definition) is 3. The third kappa shape index (κ3) is 3.16. The number of aromatic hydroxyl groups is 1. The molecule has 1 heterocycles. The minimum absolute atomic E-state index is 0.0473. The molecule has 1 aromatic heterocycles. The van der Waals surface area contributed by atoms with Crippen LogP contribution in [0.4, 0.5) is 0 Å². The minimum atomic E-state index is -0.428. The number of nitrogens with two attached hydrogens (primary N) is 2. The van der Waals surface area contributed by atoms with Gasteiger partial charge in [-0.15, -0.1) is 0 Å². The summed E-state index contributed by atoms with van der Waals surface area (Å²) in [5, 5.41) is 12.0. The van der Waals surface area contributed by atoms with Gasteiger partial charge in [0.15, 0.2) is 11.8 Å². The Labute approximate surface area is 123 Å². The number of aliphatic imine (C=N–C) groups is 1. The van der Waals surface area contributed by atoms with Gasteiger partial charge in [-0.25, -0.2) is 0 Å². The number of nitrogens with zero attached hydrogens (tertiary/aromatic N) is 2. The highest BCUT2D eigenvalue weighted by molar-refractivity contribution is 5.97. The molecule has 0 bridgehead atoms. The van der Waals surface area contributed by atoms with Crippen LogP contribution in [-0.4, -0.2) is 21.5 Å². The maximum Gasteiger partial charge on any atom is 0.254 e. The summed E-state index contributed by atoms with van der Waals surface area (Å²) in [4.78, 5) is 15.4. The van der Waals surface area contributed by atoms with E-state index >= 15 is 0 Å². The van der Waals surface area contributed by atoms with Gasteiger partial charge in [-0.1, -0.05) is 32.0 Å². The van der Waals surface area contributed by atoms with Crippen LogP contribution in [0.5, 0.6) is 5.88 Å². The van der Waals surface area contributed by atoms with Gasteiger partial charge < -0.3 is 21.1 Å². The first-order chi connectivity index (χ1) is 9.90. The van der Waals surface area contributed by atoms with Crippen LogP contribution in [0.25, 0.3) is 10.8 Å². The Bertz CT molecular complexity index is 697. The molecule has 2 rings (SSSR count). The van der Waals surface area contributed by atoms with E-state index in [-0.39, 0.29) is 18.3 Å². The number of fused-ring (bicyclic) bond motifs is 1. The molecule has 0 saturated carbocycles. The van der Waals surface area contributed by atoms with Crippen molar-refractivity contribution in [3.05, 3.63) is 30.0 Å². The van der Waals surface area contributed by atoms with Crippen LogP contribution in [0.2, 0.25) is 0 Å². The van der Waals surface area contributed by atoms with Crippen molar-refractivity contribution in [3.8, 4) is 5.88 Å². The molecule has 0 aliphatic rings. The van der Waals surface area contributed by atoms with Gasteiger partial charge in [-0.05, 0) is 12.0 Å². The molecule has 5 N–H and O–H groups in total. The molecule has 0 aliphatic heterocycles. The van der Waals surface area contributed by atoms with Crippen molar-refractivity contribution >= 4 is 22.6 Å². The topological polar surface area (TPSA) is 107 Å². The molecule has 1 amide bonds. The van der Waals surface area contributed by atoms with Crippen molar-refractivity contribution in [2.75, 3.05) is 0 Å². The van der Waals surface area contributed by atoms with E-state index in [4.69, 9.17) is 11.5 Å². The number of benzene rings is 1. The van der Waals surface area contributed by atoms with Crippen LogP contribution >= 0.6 is 0 Å². The van der Waals surface area contributed by atoms with E-state index in [2.05, 4.69) is 4.99 Å². The van der Waals surface area contributed by atoms with Crippen LogP contribution in [0, 0.1) is 5.92 Å². The van der Waals surface area contributed by atoms with Crippen molar-refractivity contribution in [1.82, 2.24) is 4.57 Å². The van der Waals surface area contributed by atoms with Gasteiger partial charge in [-0.2, -0.15) is 4.99 Å². The van der Waals surface area contributed by atoms with Crippen molar-refractivity contribution in [2.24, 2.45) is 22.4 Å². The second-order valence-corrected chi connectivity index (χ2v) is 5.43. The maximum absolute atomic E-state index is 11.9. The lowest BCUT2D eigenvalue weighted by Gasteiger charge is -2.12. The maximum atomic E-state index is 11.9. The summed E-state index contributed by atoms with van der Waals surface area (Å²) >= 11 is 0. The molecule has 21 heavy (non-hydrogen) atoms. The van der Waals surface area contributed by atoms with Gasteiger partial charge >= 0.3 is 0 Å². The van der Waals surface area contributed by atoms with E-state index in [0.29, 0.717) is 12.5 Å². The molecular formula is C15H20N4O2. The Hall–Kier alpha value is -2.50. The molecule has 2 aromatic rings. The Morgan fingerprint density at radius 3 is 2.48 bits per heavy atom. The lowest BCUT2D eigenvalue weighted by molar-refractivity contribution is -0.117. The lowest BCUT2D eigenvalue weighted by Crippen LogP contribution is -2.25. The van der Waals surface area contributed by atoms with Crippen LogP contribution in [0.3, 0.4) is 0 Å². The smallest absolute Gasteiger partial charge is 0.254 e. The molecule has 112 valence electrons. The van der Waals surface area contributed by atoms with Gasteiger partial charge in [0.1, 0.15) is 0 Å². The number of amides is 1. The van der Waals surface area contributed by atoms with Gasteiger partial charge in [0.25, 0.3) is 5.91 Å². The Morgan fingerprint density at radius 2 is 1.90 bits per heavy atom. The second kappa shape index (κ2) is 5.87. The van der Waals surface area contributed by atoms with Gasteiger partial charge in [0, 0.05) is 23.0 Å². The number of aromatic nitrogens is 1. The monoisotopic (exact) mass is 288 g/mol. The van der Waals surface area contributed by atoms with Crippen molar-refractivity contribution in [1.29, 1.82) is 0 Å². The first kappa shape index (κ1) is 14.9. The summed E-state index contributed by atoms with van der Waals surface area (Å²) in [5.41, 5.74) is 11.2. The molecule has 0 spiro atoms. The van der Waals surface area contributed by atoms with Crippen molar-refractivity contribution in [2.45, 2.75) is 26.8 Å². The number of carbonyl (C=O) groups is 1.